The number of halogens is 3. The van der Waals surface area contributed by atoms with Gasteiger partial charge in [-0.1, -0.05) is 37.3 Å². The molecule has 2 nitrogen and oxygen atoms in total. The lowest BCUT2D eigenvalue weighted by Crippen LogP contribution is -2.48. The predicted molar refractivity (Wildman–Crippen MR) is 77.8 cm³/mol. The zero-order chi connectivity index (χ0) is 15.5. The van der Waals surface area contributed by atoms with E-state index < -0.39 is 12.1 Å². The van der Waals surface area contributed by atoms with Gasteiger partial charge in [-0.15, -0.1) is 0 Å². The number of nitrogens with zero attached hydrogens (tertiary/aromatic N) is 1. The molecule has 0 bridgehead atoms. The van der Waals surface area contributed by atoms with Crippen molar-refractivity contribution >= 4 is 0 Å². The van der Waals surface area contributed by atoms with E-state index in [-0.39, 0.29) is 24.9 Å². The largest absolute Gasteiger partial charge is 0.391 e. The van der Waals surface area contributed by atoms with Gasteiger partial charge in [-0.25, -0.2) is 0 Å². The van der Waals surface area contributed by atoms with Crippen LogP contribution in [0.5, 0.6) is 0 Å². The van der Waals surface area contributed by atoms with Gasteiger partial charge in [0.15, 0.2) is 0 Å². The highest BCUT2D eigenvalue weighted by molar-refractivity contribution is 5.20. The molecule has 5 heteroatoms. The van der Waals surface area contributed by atoms with Crippen molar-refractivity contribution in [1.29, 1.82) is 0 Å². The molecule has 118 valence electrons. The normalized spacial score (nSPS) is 21.2. The zero-order valence-corrected chi connectivity index (χ0v) is 12.3. The molecule has 0 amide bonds. The SMILES string of the molecule is CCC(C(N)c1ccccc1)N1CCC(C(F)(F)F)CC1. The van der Waals surface area contributed by atoms with Crippen molar-refractivity contribution in [2.75, 3.05) is 13.1 Å². The van der Waals surface area contributed by atoms with Crippen LogP contribution in [0, 0.1) is 5.92 Å². The van der Waals surface area contributed by atoms with Crippen molar-refractivity contribution in [2.45, 2.75) is 44.4 Å². The van der Waals surface area contributed by atoms with Crippen molar-refractivity contribution in [1.82, 2.24) is 4.90 Å². The molecule has 2 atom stereocenters. The van der Waals surface area contributed by atoms with Crippen LogP contribution in [-0.4, -0.2) is 30.2 Å². The van der Waals surface area contributed by atoms with Gasteiger partial charge in [0, 0.05) is 12.1 Å². The van der Waals surface area contributed by atoms with Crippen LogP contribution in [0.25, 0.3) is 0 Å². The summed E-state index contributed by atoms with van der Waals surface area (Å²) in [5.41, 5.74) is 7.38. The third-order valence-corrected chi connectivity index (χ3v) is 4.48. The number of benzene rings is 1. The van der Waals surface area contributed by atoms with Gasteiger partial charge in [0.05, 0.1) is 5.92 Å². The summed E-state index contributed by atoms with van der Waals surface area (Å²) in [5, 5.41) is 0. The van der Waals surface area contributed by atoms with Gasteiger partial charge in [0.25, 0.3) is 0 Å². The summed E-state index contributed by atoms with van der Waals surface area (Å²) in [6, 6.07) is 9.73. The Kier molecular flexibility index (Phi) is 5.27. The summed E-state index contributed by atoms with van der Waals surface area (Å²) >= 11 is 0. The smallest absolute Gasteiger partial charge is 0.323 e. The Balaban J connectivity index is 2.00. The average Bonchev–Trinajstić information content (AvgIpc) is 2.48. The average molecular weight is 300 g/mol. The fraction of sp³-hybridized carbons (Fsp3) is 0.625. The van der Waals surface area contributed by atoms with Crippen LogP contribution in [0.1, 0.15) is 37.8 Å². The zero-order valence-electron chi connectivity index (χ0n) is 12.3. The maximum Gasteiger partial charge on any atom is 0.391 e. The molecule has 21 heavy (non-hydrogen) atoms. The molecule has 0 spiro atoms. The molecule has 1 saturated heterocycles. The number of nitrogens with two attached hydrogens (primary N) is 1. The minimum absolute atomic E-state index is 0.0987. The third-order valence-electron chi connectivity index (χ3n) is 4.48. The minimum atomic E-state index is -4.06. The van der Waals surface area contributed by atoms with Gasteiger partial charge in [0.2, 0.25) is 0 Å². The monoisotopic (exact) mass is 300 g/mol. The molecule has 2 rings (SSSR count). The van der Waals surface area contributed by atoms with E-state index in [4.69, 9.17) is 5.73 Å². The van der Waals surface area contributed by atoms with Crippen LogP contribution in [-0.2, 0) is 0 Å². The lowest BCUT2D eigenvalue weighted by Gasteiger charge is -2.40. The lowest BCUT2D eigenvalue weighted by molar-refractivity contribution is -0.186. The molecule has 0 aromatic heterocycles. The molecule has 1 aliphatic rings. The van der Waals surface area contributed by atoms with Crippen molar-refractivity contribution in [3.63, 3.8) is 0 Å². The molecular formula is C16H23F3N2. The number of piperidine rings is 1. The summed E-state index contributed by atoms with van der Waals surface area (Å²) in [5.74, 6) is -1.15. The fourth-order valence-electron chi connectivity index (χ4n) is 3.20. The highest BCUT2D eigenvalue weighted by atomic mass is 19.4. The summed E-state index contributed by atoms with van der Waals surface area (Å²) < 4.78 is 38.2. The second kappa shape index (κ2) is 6.79. The molecule has 1 fully saturated rings. The van der Waals surface area contributed by atoms with Gasteiger partial charge in [-0.05, 0) is 37.9 Å². The Morgan fingerprint density at radius 2 is 1.76 bits per heavy atom. The van der Waals surface area contributed by atoms with E-state index in [1.165, 1.54) is 0 Å². The summed E-state index contributed by atoms with van der Waals surface area (Å²) in [4.78, 5) is 2.12. The van der Waals surface area contributed by atoms with Gasteiger partial charge >= 0.3 is 6.18 Å². The van der Waals surface area contributed by atoms with E-state index >= 15 is 0 Å². The summed E-state index contributed by atoms with van der Waals surface area (Å²) in [7, 11) is 0. The summed E-state index contributed by atoms with van der Waals surface area (Å²) in [6.45, 7) is 3.00. The number of hydrogen-bond acceptors (Lipinski definition) is 2. The molecular weight excluding hydrogens is 277 g/mol. The Labute approximate surface area is 124 Å². The highest BCUT2D eigenvalue weighted by Crippen LogP contribution is 2.35. The van der Waals surface area contributed by atoms with Gasteiger partial charge in [-0.3, -0.25) is 4.90 Å². The van der Waals surface area contributed by atoms with E-state index in [0.717, 1.165) is 12.0 Å². The second-order valence-corrected chi connectivity index (χ2v) is 5.76. The molecule has 0 radical (unpaired) electrons. The van der Waals surface area contributed by atoms with E-state index in [2.05, 4.69) is 4.90 Å². The fourth-order valence-corrected chi connectivity index (χ4v) is 3.20. The Bertz CT molecular complexity index is 425. The first-order chi connectivity index (χ1) is 9.93. The number of likely N-dealkylation sites (tertiary alicyclic amines) is 1. The van der Waals surface area contributed by atoms with Crippen LogP contribution >= 0.6 is 0 Å². The molecule has 2 unspecified atom stereocenters. The quantitative estimate of drug-likeness (QED) is 0.918. The second-order valence-electron chi connectivity index (χ2n) is 5.76. The first kappa shape index (κ1) is 16.3. The predicted octanol–water partition coefficient (Wildman–Crippen LogP) is 3.74. The Hall–Kier alpha value is -1.07. The first-order valence-electron chi connectivity index (χ1n) is 7.54. The standard InChI is InChI=1S/C16H23F3N2/c1-2-14(15(20)12-6-4-3-5-7-12)21-10-8-13(9-11-21)16(17,18)19/h3-7,13-15H,2,8-11,20H2,1H3. The number of hydrogen-bond donors (Lipinski definition) is 1. The molecule has 1 aromatic carbocycles. The van der Waals surface area contributed by atoms with E-state index in [1.54, 1.807) is 0 Å². The van der Waals surface area contributed by atoms with Crippen molar-refractivity contribution in [3.05, 3.63) is 35.9 Å². The van der Waals surface area contributed by atoms with Crippen LogP contribution in [0.3, 0.4) is 0 Å². The maximum atomic E-state index is 12.7. The molecule has 0 aliphatic carbocycles. The van der Waals surface area contributed by atoms with E-state index in [1.807, 2.05) is 37.3 Å². The van der Waals surface area contributed by atoms with Crippen molar-refractivity contribution in [2.24, 2.45) is 11.7 Å². The molecule has 1 aliphatic heterocycles. The van der Waals surface area contributed by atoms with Crippen molar-refractivity contribution in [3.8, 4) is 0 Å². The van der Waals surface area contributed by atoms with Gasteiger partial charge < -0.3 is 5.73 Å². The first-order valence-corrected chi connectivity index (χ1v) is 7.54. The van der Waals surface area contributed by atoms with Crippen LogP contribution in [0.4, 0.5) is 13.2 Å². The van der Waals surface area contributed by atoms with E-state index in [0.29, 0.717) is 13.1 Å². The molecule has 1 aromatic rings. The van der Waals surface area contributed by atoms with Crippen LogP contribution in [0.15, 0.2) is 30.3 Å². The van der Waals surface area contributed by atoms with Crippen LogP contribution in [0.2, 0.25) is 0 Å². The molecule has 2 N–H and O–H groups in total. The molecule has 1 heterocycles. The van der Waals surface area contributed by atoms with E-state index in [9.17, 15) is 13.2 Å². The Morgan fingerprint density at radius 1 is 1.19 bits per heavy atom. The topological polar surface area (TPSA) is 29.3 Å². The maximum absolute atomic E-state index is 12.7. The third kappa shape index (κ3) is 3.98. The Morgan fingerprint density at radius 3 is 2.24 bits per heavy atom. The number of alkyl halides is 3. The van der Waals surface area contributed by atoms with Crippen molar-refractivity contribution < 1.29 is 13.2 Å². The van der Waals surface area contributed by atoms with Crippen LogP contribution < -0.4 is 5.73 Å². The molecule has 0 saturated carbocycles. The number of rotatable bonds is 4. The van der Waals surface area contributed by atoms with Gasteiger partial charge in [0.1, 0.15) is 0 Å². The van der Waals surface area contributed by atoms with Gasteiger partial charge in [-0.2, -0.15) is 13.2 Å². The summed E-state index contributed by atoms with van der Waals surface area (Å²) in [6.07, 6.45) is -2.86. The lowest BCUT2D eigenvalue weighted by atomic mass is 9.91. The highest BCUT2D eigenvalue weighted by Gasteiger charge is 2.42. The minimum Gasteiger partial charge on any atom is -0.323 e.